The average molecular weight is 441 g/mol. The summed E-state index contributed by atoms with van der Waals surface area (Å²) in [4.78, 5) is 5.43. The van der Waals surface area contributed by atoms with E-state index in [2.05, 4.69) is 22.1 Å². The van der Waals surface area contributed by atoms with Crippen LogP contribution in [0, 0.1) is 36.4 Å². The van der Waals surface area contributed by atoms with Gasteiger partial charge in [0, 0.05) is 18.9 Å². The summed E-state index contributed by atoms with van der Waals surface area (Å²) < 4.78 is 61.1. The fraction of sp³-hybridized carbons (Fsp3) is 0.524. The summed E-state index contributed by atoms with van der Waals surface area (Å²) in [5, 5.41) is 18.1. The van der Waals surface area contributed by atoms with Gasteiger partial charge in [0.2, 0.25) is 0 Å². The van der Waals surface area contributed by atoms with Crippen LogP contribution in [0.15, 0.2) is 28.5 Å². The Morgan fingerprint density at radius 1 is 1.32 bits per heavy atom. The van der Waals surface area contributed by atoms with Crippen LogP contribution in [-0.2, 0) is 9.57 Å². The van der Waals surface area contributed by atoms with Crippen molar-refractivity contribution >= 4 is 11.9 Å². The van der Waals surface area contributed by atoms with Crippen LogP contribution >= 0.6 is 0 Å². The molecule has 0 fully saturated rings. The summed E-state index contributed by atoms with van der Waals surface area (Å²) in [6, 6.07) is 2.47. The molecule has 168 valence electrons. The Hall–Kier alpha value is -2.64. The molecule has 31 heavy (non-hydrogen) atoms. The van der Waals surface area contributed by atoms with Crippen molar-refractivity contribution in [3.05, 3.63) is 35.1 Å². The number of nitrogens with zero attached hydrogens (tertiary/aromatic N) is 3. The minimum Gasteiger partial charge on any atom is -0.392 e. The molecule has 0 spiro atoms. The molecule has 0 aliphatic carbocycles. The van der Waals surface area contributed by atoms with Crippen LogP contribution in [-0.4, -0.2) is 66.7 Å². The number of methoxy groups -OCH3 is 1. The predicted octanol–water partition coefficient (Wildman–Crippen LogP) is 2.73. The van der Waals surface area contributed by atoms with E-state index in [0.717, 1.165) is 11.2 Å². The van der Waals surface area contributed by atoms with Gasteiger partial charge in [0.1, 0.15) is 11.5 Å². The normalized spacial score (nSPS) is 26.6. The molecule has 0 saturated carbocycles. The Bertz CT molecular complexity index is 900. The first-order valence-electron chi connectivity index (χ1n) is 9.68. The van der Waals surface area contributed by atoms with Crippen molar-refractivity contribution in [2.75, 3.05) is 20.3 Å². The number of benzene rings is 1. The quantitative estimate of drug-likeness (QED) is 0.545. The van der Waals surface area contributed by atoms with Crippen molar-refractivity contribution in [1.82, 2.24) is 5.01 Å². The van der Waals surface area contributed by atoms with Crippen molar-refractivity contribution in [3.63, 3.8) is 0 Å². The van der Waals surface area contributed by atoms with Gasteiger partial charge in [-0.2, -0.15) is 18.3 Å². The van der Waals surface area contributed by atoms with E-state index in [1.54, 1.807) is 19.1 Å². The summed E-state index contributed by atoms with van der Waals surface area (Å²) in [6.07, 6.45) is -5.81. The molecule has 2 heterocycles. The molecule has 0 aromatic heterocycles. The van der Waals surface area contributed by atoms with Crippen LogP contribution in [0.25, 0.3) is 0 Å². The number of rotatable bonds is 6. The predicted molar refractivity (Wildman–Crippen MR) is 106 cm³/mol. The standard InChI is InChI=1S/C21H23F4N3O3/c1-12-5-4-6-16(22)18(12)19-14(11-30-3)7-8-17(31-27-19)15-9-26-28(10-13(2)29)20(15)21(23,24)25/h4-6,9,13-15,17,20,29H,10-11H2,1-3H3. The van der Waals surface area contributed by atoms with Crippen LogP contribution in [0.4, 0.5) is 17.6 Å². The van der Waals surface area contributed by atoms with Gasteiger partial charge in [0.15, 0.2) is 12.1 Å². The van der Waals surface area contributed by atoms with Crippen molar-refractivity contribution in [1.29, 1.82) is 0 Å². The molecule has 5 unspecified atom stereocenters. The number of ether oxygens (including phenoxy) is 1. The molecular formula is C21H23F4N3O3. The number of aliphatic hydroxyl groups is 1. The Balaban J connectivity index is 1.96. The number of hydrazone groups is 1. The van der Waals surface area contributed by atoms with E-state index in [9.17, 15) is 22.7 Å². The van der Waals surface area contributed by atoms with E-state index in [0.29, 0.717) is 5.56 Å². The van der Waals surface area contributed by atoms with Crippen molar-refractivity contribution < 1.29 is 32.2 Å². The van der Waals surface area contributed by atoms with Crippen LogP contribution in [0.2, 0.25) is 0 Å². The highest BCUT2D eigenvalue weighted by molar-refractivity contribution is 6.05. The van der Waals surface area contributed by atoms with Gasteiger partial charge in [-0.3, -0.25) is 5.01 Å². The van der Waals surface area contributed by atoms with E-state index in [-0.39, 0.29) is 24.4 Å². The lowest BCUT2D eigenvalue weighted by Crippen LogP contribution is -2.49. The Morgan fingerprint density at radius 3 is 2.68 bits per heavy atom. The topological polar surface area (TPSA) is 66.7 Å². The average Bonchev–Trinajstić information content (AvgIpc) is 2.98. The first-order valence-corrected chi connectivity index (χ1v) is 9.68. The van der Waals surface area contributed by atoms with Crippen LogP contribution in [0.1, 0.15) is 18.1 Å². The Morgan fingerprint density at radius 2 is 2.06 bits per heavy atom. The fourth-order valence-electron chi connectivity index (χ4n) is 3.66. The van der Waals surface area contributed by atoms with Gasteiger partial charge in [0.25, 0.3) is 0 Å². The molecule has 2 aliphatic heterocycles. The van der Waals surface area contributed by atoms with Crippen LogP contribution < -0.4 is 0 Å². The lowest BCUT2D eigenvalue weighted by molar-refractivity contribution is -0.195. The van der Waals surface area contributed by atoms with Gasteiger partial charge in [-0.05, 0) is 25.5 Å². The van der Waals surface area contributed by atoms with Crippen LogP contribution in [0.3, 0.4) is 0 Å². The maximum atomic E-state index is 14.5. The molecule has 6 nitrogen and oxygen atoms in total. The van der Waals surface area contributed by atoms with Gasteiger partial charge >= 0.3 is 6.18 Å². The number of oxime groups is 1. The number of alkyl halides is 3. The summed E-state index contributed by atoms with van der Waals surface area (Å²) in [5.41, 5.74) is 0.928. The van der Waals surface area contributed by atoms with Gasteiger partial charge in [-0.15, -0.1) is 0 Å². The maximum absolute atomic E-state index is 14.5. The van der Waals surface area contributed by atoms with Gasteiger partial charge in [-0.25, -0.2) is 4.39 Å². The fourth-order valence-corrected chi connectivity index (χ4v) is 3.66. The molecule has 10 heteroatoms. The number of hydrogen-bond donors (Lipinski definition) is 1. The SMILES string of the molecule is COCC1C#CC(C2C=NN(CC(C)O)C2C(F)(F)F)ON=C1c1c(C)cccc1F. The minimum atomic E-state index is -4.64. The molecule has 3 rings (SSSR count). The summed E-state index contributed by atoms with van der Waals surface area (Å²) >= 11 is 0. The van der Waals surface area contributed by atoms with E-state index in [1.807, 2.05) is 0 Å². The lowest BCUT2D eigenvalue weighted by Gasteiger charge is -2.31. The van der Waals surface area contributed by atoms with Gasteiger partial charge in [-0.1, -0.05) is 29.1 Å². The number of hydrogen-bond acceptors (Lipinski definition) is 6. The molecule has 0 amide bonds. The van der Waals surface area contributed by atoms with Gasteiger partial charge < -0.3 is 14.7 Å². The number of β-amino-alcohol motifs (C(OH)–C–C–N with tert-alkyl or cyclic N) is 1. The second-order valence-electron chi connectivity index (χ2n) is 7.53. The molecule has 0 saturated heterocycles. The first-order chi connectivity index (χ1) is 14.6. The number of aryl methyl sites for hydroxylation is 1. The monoisotopic (exact) mass is 441 g/mol. The number of aliphatic hydroxyl groups excluding tert-OH is 1. The maximum Gasteiger partial charge on any atom is 0.411 e. The van der Waals surface area contributed by atoms with Crippen molar-refractivity contribution in [2.45, 2.75) is 38.3 Å². The molecule has 0 radical (unpaired) electrons. The molecule has 2 aliphatic rings. The van der Waals surface area contributed by atoms with Crippen molar-refractivity contribution in [2.24, 2.45) is 22.1 Å². The smallest absolute Gasteiger partial charge is 0.392 e. The summed E-state index contributed by atoms with van der Waals surface area (Å²) in [6.45, 7) is 2.83. The van der Waals surface area contributed by atoms with E-state index in [1.165, 1.54) is 20.1 Å². The highest BCUT2D eigenvalue weighted by atomic mass is 19.4. The first kappa shape index (κ1) is 23.0. The largest absolute Gasteiger partial charge is 0.411 e. The van der Waals surface area contributed by atoms with E-state index >= 15 is 0 Å². The third kappa shape index (κ3) is 4.99. The molecular weight excluding hydrogens is 418 g/mol. The molecule has 1 aromatic carbocycles. The zero-order valence-corrected chi connectivity index (χ0v) is 17.2. The molecule has 5 atom stereocenters. The summed E-state index contributed by atoms with van der Waals surface area (Å²) in [7, 11) is 1.44. The highest BCUT2D eigenvalue weighted by Crippen LogP contribution is 2.36. The third-order valence-corrected chi connectivity index (χ3v) is 5.01. The van der Waals surface area contributed by atoms with Crippen LogP contribution in [0.5, 0.6) is 0 Å². The zero-order valence-electron chi connectivity index (χ0n) is 17.2. The summed E-state index contributed by atoms with van der Waals surface area (Å²) in [5.74, 6) is 3.04. The molecule has 1 N–H and O–H groups in total. The van der Waals surface area contributed by atoms with E-state index in [4.69, 9.17) is 9.57 Å². The third-order valence-electron chi connectivity index (χ3n) is 5.01. The van der Waals surface area contributed by atoms with Crippen molar-refractivity contribution in [3.8, 4) is 11.8 Å². The second-order valence-corrected chi connectivity index (χ2v) is 7.53. The Labute approximate surface area is 177 Å². The molecule has 0 bridgehead atoms. The Kier molecular flexibility index (Phi) is 6.86. The highest BCUT2D eigenvalue weighted by Gasteiger charge is 2.54. The minimum absolute atomic E-state index is 0.0608. The van der Waals surface area contributed by atoms with Gasteiger partial charge in [0.05, 0.1) is 31.1 Å². The number of halogens is 4. The second kappa shape index (κ2) is 9.24. The lowest BCUT2D eigenvalue weighted by atomic mass is 9.92. The zero-order chi connectivity index (χ0) is 22.8. The van der Waals surface area contributed by atoms with E-state index < -0.39 is 42.1 Å². The molecule has 1 aromatic rings.